The van der Waals surface area contributed by atoms with Crippen molar-refractivity contribution in [2.45, 2.75) is 22.0 Å². The Morgan fingerprint density at radius 3 is 1.45 bits per heavy atom. The highest BCUT2D eigenvalue weighted by Gasteiger charge is 2.19. The van der Waals surface area contributed by atoms with Gasteiger partial charge in [-0.15, -0.1) is 47.0 Å². The molecule has 2 atom stereocenters. The molecular weight excluding hydrogens is 385 g/mol. The zero-order chi connectivity index (χ0) is 15.4. The molecular formula is C16H18S6. The topological polar surface area (TPSA) is 0 Å². The molecule has 0 amide bonds. The first-order valence-electron chi connectivity index (χ1n) is 7.08. The van der Waals surface area contributed by atoms with Gasteiger partial charge in [0.2, 0.25) is 0 Å². The number of thioether (sulfide) groups is 4. The van der Waals surface area contributed by atoms with Gasteiger partial charge in [0.25, 0.3) is 0 Å². The Morgan fingerprint density at radius 2 is 1.14 bits per heavy atom. The third-order valence-electron chi connectivity index (χ3n) is 3.41. The van der Waals surface area contributed by atoms with E-state index in [1.165, 1.54) is 20.9 Å². The van der Waals surface area contributed by atoms with Gasteiger partial charge in [-0.1, -0.05) is 24.3 Å². The summed E-state index contributed by atoms with van der Waals surface area (Å²) in [5.74, 6) is 1.73. The quantitative estimate of drug-likeness (QED) is 0.566. The molecule has 22 heavy (non-hydrogen) atoms. The van der Waals surface area contributed by atoms with Gasteiger partial charge in [0.05, 0.1) is 9.16 Å². The summed E-state index contributed by atoms with van der Waals surface area (Å²) in [6.45, 7) is 0. The average molecular weight is 403 g/mol. The van der Waals surface area contributed by atoms with E-state index >= 15 is 0 Å². The largest absolute Gasteiger partial charge is 0.174 e. The number of hydrogen-bond acceptors (Lipinski definition) is 6. The second kappa shape index (κ2) is 8.77. The fraction of sp³-hybridized carbons (Fsp3) is 0.375. The highest BCUT2D eigenvalue weighted by atomic mass is 32.2. The van der Waals surface area contributed by atoms with E-state index in [1.54, 1.807) is 0 Å². The zero-order valence-electron chi connectivity index (χ0n) is 12.0. The summed E-state index contributed by atoms with van der Waals surface area (Å²) >= 11 is 16.5. The molecule has 0 aliphatic carbocycles. The molecule has 2 unspecified atom stereocenters. The SMILES string of the molecule is SCC1=CSC(Cc2ccc(CC3SC=C(CS)S3)cc2)S1. The molecule has 1 aromatic carbocycles. The first-order chi connectivity index (χ1) is 10.8. The van der Waals surface area contributed by atoms with Gasteiger partial charge in [-0.2, -0.15) is 25.3 Å². The van der Waals surface area contributed by atoms with Gasteiger partial charge in [-0.25, -0.2) is 0 Å². The highest BCUT2D eigenvalue weighted by molar-refractivity contribution is 8.23. The van der Waals surface area contributed by atoms with Crippen LogP contribution in [0.5, 0.6) is 0 Å². The summed E-state index contributed by atoms with van der Waals surface area (Å²) in [4.78, 5) is 2.80. The lowest BCUT2D eigenvalue weighted by atomic mass is 10.1. The van der Waals surface area contributed by atoms with Crippen molar-refractivity contribution >= 4 is 72.3 Å². The maximum Gasteiger partial charge on any atom is 0.0628 e. The van der Waals surface area contributed by atoms with E-state index in [1.807, 2.05) is 47.0 Å². The molecule has 0 saturated heterocycles. The smallest absolute Gasteiger partial charge is 0.0628 e. The van der Waals surface area contributed by atoms with Crippen LogP contribution in [-0.2, 0) is 12.8 Å². The molecule has 6 heteroatoms. The van der Waals surface area contributed by atoms with Crippen molar-refractivity contribution in [3.05, 3.63) is 56.0 Å². The molecule has 118 valence electrons. The van der Waals surface area contributed by atoms with Crippen molar-refractivity contribution in [1.82, 2.24) is 0 Å². The molecule has 0 N–H and O–H groups in total. The summed E-state index contributed by atoms with van der Waals surface area (Å²) in [6, 6.07) is 9.19. The van der Waals surface area contributed by atoms with Crippen LogP contribution in [0.2, 0.25) is 0 Å². The molecule has 0 spiro atoms. The summed E-state index contributed by atoms with van der Waals surface area (Å²) in [7, 11) is 0. The van der Waals surface area contributed by atoms with Gasteiger partial charge in [-0.3, -0.25) is 0 Å². The first-order valence-corrected chi connectivity index (χ1v) is 12.0. The maximum atomic E-state index is 4.35. The Hall–Kier alpha value is 0.800. The van der Waals surface area contributed by atoms with Crippen LogP contribution in [0.25, 0.3) is 0 Å². The molecule has 0 nitrogen and oxygen atoms in total. The maximum absolute atomic E-state index is 4.35. The van der Waals surface area contributed by atoms with E-state index < -0.39 is 0 Å². The Bertz CT molecular complexity index is 512. The van der Waals surface area contributed by atoms with E-state index in [0.717, 1.165) is 24.3 Å². The lowest BCUT2D eigenvalue weighted by molar-refractivity contribution is 1.08. The van der Waals surface area contributed by atoms with Gasteiger partial charge in [0.1, 0.15) is 0 Å². The molecule has 0 bridgehead atoms. The molecule has 1 aromatic rings. The summed E-state index contributed by atoms with van der Waals surface area (Å²) in [5, 5.41) is 4.52. The van der Waals surface area contributed by atoms with Crippen molar-refractivity contribution in [1.29, 1.82) is 0 Å². The minimum Gasteiger partial charge on any atom is -0.174 e. The summed E-state index contributed by atoms with van der Waals surface area (Å²) < 4.78 is 1.24. The van der Waals surface area contributed by atoms with Gasteiger partial charge in [0, 0.05) is 21.3 Å². The third kappa shape index (κ3) is 4.90. The monoisotopic (exact) mass is 402 g/mol. The average Bonchev–Trinajstić information content (AvgIpc) is 3.18. The number of rotatable bonds is 6. The van der Waals surface area contributed by atoms with E-state index in [9.17, 15) is 0 Å². The standard InChI is InChI=1S/C16H18S6/c17-7-13-9-19-15(21-13)5-11-1-2-12(4-3-11)6-16-20-10-14(8-18)22-16/h1-4,9-10,15-18H,5-8H2. The highest BCUT2D eigenvalue weighted by Crippen LogP contribution is 2.43. The van der Waals surface area contributed by atoms with Crippen LogP contribution < -0.4 is 0 Å². The van der Waals surface area contributed by atoms with E-state index in [2.05, 4.69) is 60.3 Å². The number of hydrogen-bond donors (Lipinski definition) is 2. The molecule has 0 saturated carbocycles. The lowest BCUT2D eigenvalue weighted by Gasteiger charge is -2.11. The van der Waals surface area contributed by atoms with Crippen molar-refractivity contribution in [3.63, 3.8) is 0 Å². The first kappa shape index (κ1) is 17.6. The fourth-order valence-corrected chi connectivity index (χ4v) is 8.18. The molecule has 3 rings (SSSR count). The molecule has 2 aliphatic heterocycles. The Morgan fingerprint density at radius 1 is 0.727 bits per heavy atom. The number of thiol groups is 2. The predicted molar refractivity (Wildman–Crippen MR) is 116 cm³/mol. The molecule has 2 aliphatic rings. The normalized spacial score (nSPS) is 24.5. The van der Waals surface area contributed by atoms with Crippen LogP contribution in [0.3, 0.4) is 0 Å². The zero-order valence-corrected chi connectivity index (χ0v) is 17.0. The fourth-order valence-electron chi connectivity index (χ4n) is 2.28. The summed E-state index contributed by atoms with van der Waals surface area (Å²) in [5.41, 5.74) is 2.87. The van der Waals surface area contributed by atoms with Crippen molar-refractivity contribution in [2.75, 3.05) is 11.5 Å². The molecule has 0 fully saturated rings. The van der Waals surface area contributed by atoms with Crippen LogP contribution in [0.4, 0.5) is 0 Å². The van der Waals surface area contributed by atoms with Crippen LogP contribution in [0.1, 0.15) is 11.1 Å². The van der Waals surface area contributed by atoms with Gasteiger partial charge < -0.3 is 0 Å². The van der Waals surface area contributed by atoms with Crippen molar-refractivity contribution in [3.8, 4) is 0 Å². The molecule has 0 radical (unpaired) electrons. The minimum atomic E-state index is 0.621. The van der Waals surface area contributed by atoms with Crippen LogP contribution in [0.15, 0.2) is 44.9 Å². The predicted octanol–water partition coefficient (Wildman–Crippen LogP) is 5.93. The van der Waals surface area contributed by atoms with Crippen molar-refractivity contribution in [2.24, 2.45) is 0 Å². The molecule has 2 heterocycles. The molecule has 0 aromatic heterocycles. The van der Waals surface area contributed by atoms with Crippen LogP contribution in [-0.4, -0.2) is 20.7 Å². The minimum absolute atomic E-state index is 0.621. The van der Waals surface area contributed by atoms with Crippen LogP contribution >= 0.6 is 72.3 Å². The Kier molecular flexibility index (Phi) is 7.02. The van der Waals surface area contributed by atoms with E-state index in [-0.39, 0.29) is 0 Å². The lowest BCUT2D eigenvalue weighted by Crippen LogP contribution is -2.01. The number of benzene rings is 1. The summed E-state index contributed by atoms with van der Waals surface area (Å²) in [6.07, 6.45) is 2.25. The second-order valence-corrected chi connectivity index (χ2v) is 11.1. The Balaban J connectivity index is 1.49. The van der Waals surface area contributed by atoms with Crippen molar-refractivity contribution < 1.29 is 0 Å². The van der Waals surface area contributed by atoms with Gasteiger partial charge >= 0.3 is 0 Å². The van der Waals surface area contributed by atoms with Crippen LogP contribution in [0, 0.1) is 0 Å². The van der Waals surface area contributed by atoms with E-state index in [4.69, 9.17) is 0 Å². The van der Waals surface area contributed by atoms with E-state index in [0.29, 0.717) is 9.16 Å². The van der Waals surface area contributed by atoms with Gasteiger partial charge in [-0.05, 0) is 34.8 Å². The second-order valence-electron chi connectivity index (χ2n) is 5.08. The van der Waals surface area contributed by atoms with Gasteiger partial charge in [0.15, 0.2) is 0 Å². The Labute approximate surface area is 160 Å². The third-order valence-corrected chi connectivity index (χ3v) is 9.83.